The summed E-state index contributed by atoms with van der Waals surface area (Å²) >= 11 is 6.63. The number of halogens is 4. The molecule has 35 heavy (non-hydrogen) atoms. The fourth-order valence-electron chi connectivity index (χ4n) is 4.28. The van der Waals surface area contributed by atoms with Gasteiger partial charge in [0.2, 0.25) is 11.3 Å². The third-order valence-corrected chi connectivity index (χ3v) is 7.18. The number of hydrogen-bond acceptors (Lipinski definition) is 6. The number of hydrogen-bond donors (Lipinski definition) is 2. The summed E-state index contributed by atoms with van der Waals surface area (Å²) < 4.78 is 48.5. The summed E-state index contributed by atoms with van der Waals surface area (Å²) in [5.41, 5.74) is -1.81. The van der Waals surface area contributed by atoms with E-state index >= 15 is 0 Å². The Morgan fingerprint density at radius 2 is 2.11 bits per heavy atom. The van der Waals surface area contributed by atoms with E-state index in [1.54, 1.807) is 0 Å². The number of ether oxygens (including phenoxy) is 1. The number of carbonyl (C=O) groups excluding carboxylic acids is 1. The van der Waals surface area contributed by atoms with E-state index in [0.717, 1.165) is 36.8 Å². The molecule has 2 N–H and O–H groups in total. The van der Waals surface area contributed by atoms with Crippen LogP contribution >= 0.6 is 22.9 Å². The lowest BCUT2D eigenvalue weighted by Gasteiger charge is -2.20. The number of thiophene rings is 1. The van der Waals surface area contributed by atoms with Crippen LogP contribution in [0.5, 0.6) is 0 Å². The number of methoxy groups -OCH3 is 1. The molecule has 1 aliphatic carbocycles. The van der Waals surface area contributed by atoms with E-state index in [1.807, 2.05) is 0 Å². The molecule has 5 rings (SSSR count). The number of fused-ring (bicyclic) bond motifs is 1. The zero-order valence-electron chi connectivity index (χ0n) is 17.9. The van der Waals surface area contributed by atoms with Crippen molar-refractivity contribution >= 4 is 28.9 Å². The number of pyridine rings is 1. The second-order valence-electron chi connectivity index (χ2n) is 7.94. The minimum absolute atomic E-state index is 0.0195. The van der Waals surface area contributed by atoms with Gasteiger partial charge in [-0.25, -0.2) is 22.9 Å². The van der Waals surface area contributed by atoms with Crippen LogP contribution in [0.25, 0.3) is 22.4 Å². The van der Waals surface area contributed by atoms with Crippen LogP contribution in [-0.2, 0) is 16.8 Å². The number of benzene rings is 1. The minimum atomic E-state index is -1.86. The van der Waals surface area contributed by atoms with Gasteiger partial charge in [0.15, 0.2) is 17.8 Å². The van der Waals surface area contributed by atoms with E-state index in [0.29, 0.717) is 10.3 Å². The first-order valence-corrected chi connectivity index (χ1v) is 11.5. The van der Waals surface area contributed by atoms with Gasteiger partial charge in [-0.1, -0.05) is 11.6 Å². The van der Waals surface area contributed by atoms with Crippen molar-refractivity contribution in [1.82, 2.24) is 9.97 Å². The van der Waals surface area contributed by atoms with Crippen LogP contribution < -0.4 is 4.73 Å². The van der Waals surface area contributed by atoms with Gasteiger partial charge >= 0.3 is 5.97 Å². The Morgan fingerprint density at radius 3 is 2.86 bits per heavy atom. The number of aromatic amines is 1. The maximum atomic E-state index is 14.7. The van der Waals surface area contributed by atoms with E-state index in [9.17, 15) is 28.3 Å². The summed E-state index contributed by atoms with van der Waals surface area (Å²) in [7, 11) is 1.14. The molecule has 0 bridgehead atoms. The fourth-order valence-corrected chi connectivity index (χ4v) is 5.30. The first kappa shape index (κ1) is 23.3. The number of H-pyrrole nitrogens is 1. The Morgan fingerprint density at radius 1 is 1.34 bits per heavy atom. The Labute approximate surface area is 205 Å². The molecule has 3 heterocycles. The van der Waals surface area contributed by atoms with Gasteiger partial charge in [-0.05, 0) is 31.0 Å². The van der Waals surface area contributed by atoms with Crippen LogP contribution in [0.4, 0.5) is 13.2 Å². The van der Waals surface area contributed by atoms with Gasteiger partial charge in [0.1, 0.15) is 16.5 Å². The van der Waals surface area contributed by atoms with Gasteiger partial charge in [-0.15, -0.1) is 11.3 Å². The number of nitrogens with one attached hydrogen (secondary N) is 1. The molecule has 0 fully saturated rings. The molecule has 0 radical (unpaired) electrons. The normalized spacial score (nSPS) is 17.0. The molecular weight excluding hydrogens is 507 g/mol. The maximum absolute atomic E-state index is 14.7. The molecule has 0 spiro atoms. The highest BCUT2D eigenvalue weighted by Gasteiger charge is 2.48. The summed E-state index contributed by atoms with van der Waals surface area (Å²) in [6, 6.07) is 3.50. The number of imidazole rings is 1. The standard InChI is InChI=1S/C23H15ClF3N3O4S/c1-34-21(31)19-17(26)12(9-35-19)15-7-28-22(29-15)23(32)5-4-10-6-11(8-30(33)20(10)23)16-14(25)3-2-13(24)18(16)27/h2-3,6-9,32H,4-5H2,1H3,(H,28,29). The molecule has 0 saturated heterocycles. The topological polar surface area (TPSA) is 102 Å². The Hall–Kier alpha value is -3.41. The molecule has 1 atom stereocenters. The van der Waals surface area contributed by atoms with Crippen molar-refractivity contribution in [2.75, 3.05) is 7.11 Å². The Bertz CT molecular complexity index is 1510. The number of aliphatic hydroxyl groups is 1. The molecule has 3 aromatic heterocycles. The van der Waals surface area contributed by atoms with E-state index in [2.05, 4.69) is 14.7 Å². The smallest absolute Gasteiger partial charge is 0.351 e. The lowest BCUT2D eigenvalue weighted by molar-refractivity contribution is -0.620. The monoisotopic (exact) mass is 521 g/mol. The third kappa shape index (κ3) is 3.58. The van der Waals surface area contributed by atoms with E-state index in [-0.39, 0.29) is 51.1 Å². The van der Waals surface area contributed by atoms with Crippen LogP contribution in [0.1, 0.15) is 33.2 Å². The predicted molar refractivity (Wildman–Crippen MR) is 120 cm³/mol. The number of carbonyl (C=O) groups is 1. The lowest BCUT2D eigenvalue weighted by atomic mass is 9.98. The number of nitrogens with zero attached hydrogens (tertiary/aromatic N) is 2. The van der Waals surface area contributed by atoms with E-state index in [4.69, 9.17) is 11.6 Å². The molecule has 0 amide bonds. The molecule has 7 nitrogen and oxygen atoms in total. The average molecular weight is 522 g/mol. The molecule has 1 unspecified atom stereocenters. The minimum Gasteiger partial charge on any atom is -0.618 e. The molecule has 0 aliphatic heterocycles. The van der Waals surface area contributed by atoms with Crippen molar-refractivity contribution < 1.29 is 32.5 Å². The maximum Gasteiger partial charge on any atom is 0.351 e. The highest BCUT2D eigenvalue weighted by Crippen LogP contribution is 2.42. The van der Waals surface area contributed by atoms with Gasteiger partial charge in [-0.2, -0.15) is 4.73 Å². The largest absolute Gasteiger partial charge is 0.618 e. The first-order valence-electron chi connectivity index (χ1n) is 10.2. The van der Waals surface area contributed by atoms with Crippen molar-refractivity contribution in [2.45, 2.75) is 18.4 Å². The van der Waals surface area contributed by atoms with Crippen LogP contribution in [0, 0.1) is 22.7 Å². The highest BCUT2D eigenvalue weighted by atomic mass is 35.5. The van der Waals surface area contributed by atoms with Gasteiger partial charge in [0, 0.05) is 16.5 Å². The fraction of sp³-hybridized carbons (Fsp3) is 0.174. The van der Waals surface area contributed by atoms with Crippen LogP contribution in [0.2, 0.25) is 5.02 Å². The highest BCUT2D eigenvalue weighted by molar-refractivity contribution is 7.12. The van der Waals surface area contributed by atoms with Crippen molar-refractivity contribution in [3.63, 3.8) is 0 Å². The number of esters is 1. The van der Waals surface area contributed by atoms with Crippen LogP contribution in [-0.4, -0.2) is 28.2 Å². The zero-order chi connectivity index (χ0) is 25.1. The summed E-state index contributed by atoms with van der Waals surface area (Å²) in [5, 5.41) is 25.5. The molecule has 1 aromatic carbocycles. The third-order valence-electron chi connectivity index (χ3n) is 5.95. The Kier molecular flexibility index (Phi) is 5.58. The van der Waals surface area contributed by atoms with Gasteiger partial charge in [0.25, 0.3) is 0 Å². The van der Waals surface area contributed by atoms with Crippen molar-refractivity contribution in [3.05, 3.63) is 85.6 Å². The van der Waals surface area contributed by atoms with Gasteiger partial charge in [0.05, 0.1) is 35.2 Å². The molecule has 180 valence electrons. The number of aryl methyl sites for hydroxylation is 1. The first-order chi connectivity index (χ1) is 16.7. The molecule has 4 aromatic rings. The van der Waals surface area contributed by atoms with Crippen LogP contribution in [0.3, 0.4) is 0 Å². The second-order valence-corrected chi connectivity index (χ2v) is 9.22. The SMILES string of the molecule is COC(=O)c1scc(-c2cnc(C3(O)CCc4cc(-c5c(F)ccc(Cl)c5F)c[n+]([O-])c43)[nH]2)c1F. The Balaban J connectivity index is 1.55. The molecule has 12 heteroatoms. The predicted octanol–water partition coefficient (Wildman–Crippen LogP) is 4.48. The summed E-state index contributed by atoms with van der Waals surface area (Å²) in [6.07, 6.45) is 2.48. The van der Waals surface area contributed by atoms with Crippen molar-refractivity contribution in [1.29, 1.82) is 0 Å². The molecule has 1 aliphatic rings. The quantitative estimate of drug-likeness (QED) is 0.178. The van der Waals surface area contributed by atoms with E-state index in [1.165, 1.54) is 17.6 Å². The van der Waals surface area contributed by atoms with E-state index < -0.39 is 34.6 Å². The summed E-state index contributed by atoms with van der Waals surface area (Å²) in [6.45, 7) is 0. The number of aromatic nitrogens is 3. The zero-order valence-corrected chi connectivity index (χ0v) is 19.4. The van der Waals surface area contributed by atoms with Crippen molar-refractivity contribution in [3.8, 4) is 22.4 Å². The number of rotatable bonds is 4. The average Bonchev–Trinajstić information content (AvgIpc) is 3.54. The lowest BCUT2D eigenvalue weighted by Crippen LogP contribution is -2.42. The summed E-state index contributed by atoms with van der Waals surface area (Å²) in [4.78, 5) is 18.5. The molecular formula is C23H15ClF3N3O4S. The van der Waals surface area contributed by atoms with Crippen molar-refractivity contribution in [2.24, 2.45) is 0 Å². The van der Waals surface area contributed by atoms with Gasteiger partial charge < -0.3 is 20.0 Å². The van der Waals surface area contributed by atoms with Crippen LogP contribution in [0.15, 0.2) is 36.0 Å². The summed E-state index contributed by atoms with van der Waals surface area (Å²) in [5.74, 6) is -3.53. The second kappa shape index (κ2) is 8.36. The van der Waals surface area contributed by atoms with Gasteiger partial charge in [-0.3, -0.25) is 0 Å². The molecule has 0 saturated carbocycles.